The van der Waals surface area contributed by atoms with Gasteiger partial charge < -0.3 is 49.4 Å². The number of β-amino-alcohol motifs (C(OH)–C–C–N with tert-alkyl or cyclic N) is 1. The maximum Gasteiger partial charge on any atom is 1.00 e. The molecule has 2 aromatic heterocycles. The number of fused-ring (bicyclic) bond motifs is 1. The van der Waals surface area contributed by atoms with Gasteiger partial charge in [0, 0.05) is 31.3 Å². The third-order valence-electron chi connectivity index (χ3n) is 6.41. The van der Waals surface area contributed by atoms with E-state index in [-0.39, 0.29) is 70.5 Å². The predicted octanol–water partition coefficient (Wildman–Crippen LogP) is -3.12. The second-order valence-electron chi connectivity index (χ2n) is 11.3. The number of rotatable bonds is 7. The quantitative estimate of drug-likeness (QED) is 0.194. The molecule has 4 rings (SSSR count). The molecule has 2 fully saturated rings. The zero-order valence-corrected chi connectivity index (χ0v) is 28.8. The van der Waals surface area contributed by atoms with Crippen molar-refractivity contribution in [2.24, 2.45) is 0 Å². The van der Waals surface area contributed by atoms with Crippen molar-refractivity contribution in [3.8, 4) is 5.75 Å². The van der Waals surface area contributed by atoms with Crippen LogP contribution in [-0.4, -0.2) is 114 Å². The van der Waals surface area contributed by atoms with Crippen molar-refractivity contribution in [1.82, 2.24) is 19.8 Å². The van der Waals surface area contributed by atoms with Crippen LogP contribution in [0.5, 0.6) is 5.75 Å². The molecule has 0 aromatic carbocycles. The number of carbonyl (C=O) groups is 2. The summed E-state index contributed by atoms with van der Waals surface area (Å²) in [5.41, 5.74) is 1.91. The van der Waals surface area contributed by atoms with Crippen molar-refractivity contribution < 1.29 is 101 Å². The number of hydrogen-bond donors (Lipinski definition) is 5. The van der Waals surface area contributed by atoms with Crippen LogP contribution in [0.4, 0.5) is 0 Å². The van der Waals surface area contributed by atoms with Crippen LogP contribution in [0.25, 0.3) is 11.1 Å². The Bertz CT molecular complexity index is 1170. The average Bonchev–Trinajstić information content (AvgIpc) is 3.55. The van der Waals surface area contributed by atoms with Crippen LogP contribution in [0, 0.1) is 6.92 Å². The van der Waals surface area contributed by atoms with Crippen LogP contribution in [0.2, 0.25) is 13.6 Å². The summed E-state index contributed by atoms with van der Waals surface area (Å²) in [6, 6.07) is 0.280. The number of hydrogen-bond acceptors (Lipinski definition) is 12. The minimum Gasteiger partial charge on any atom is -0.850 e. The zero-order valence-electron chi connectivity index (χ0n) is 25.6. The fourth-order valence-electron chi connectivity index (χ4n) is 4.56. The first-order chi connectivity index (χ1) is 18.9. The summed E-state index contributed by atoms with van der Waals surface area (Å²) in [6.07, 6.45) is 0.222. The number of nitrogens with zero attached hydrogens (tertiary/aromatic N) is 4. The Kier molecular flexibility index (Phi) is 15.6. The van der Waals surface area contributed by atoms with Crippen LogP contribution < -0.4 is 61.2 Å². The summed E-state index contributed by atoms with van der Waals surface area (Å²) in [5, 5.41) is 60.1. The molecule has 0 saturated carbocycles. The van der Waals surface area contributed by atoms with Gasteiger partial charge in [0.05, 0.1) is 6.10 Å². The van der Waals surface area contributed by atoms with Gasteiger partial charge in [0.15, 0.2) is 5.75 Å². The van der Waals surface area contributed by atoms with Gasteiger partial charge in [-0.1, -0.05) is 32.9 Å². The topological polar surface area (TPSA) is 213 Å². The van der Waals surface area contributed by atoms with Crippen molar-refractivity contribution in [1.29, 1.82) is 0 Å². The van der Waals surface area contributed by atoms with Crippen molar-refractivity contribution in [3.63, 3.8) is 0 Å². The number of pyridine rings is 1. The molecule has 5 N–H and O–H groups in total. The maximum absolute atomic E-state index is 11.4. The summed E-state index contributed by atoms with van der Waals surface area (Å²) < 4.78 is 11.3. The number of carboxylic acids is 2. The van der Waals surface area contributed by atoms with Gasteiger partial charge in [0.2, 0.25) is 5.58 Å². The van der Waals surface area contributed by atoms with Crippen LogP contribution in [0.3, 0.4) is 0 Å². The number of carboxylic acid groups (broad SMARTS) is 2. The monoisotopic (exact) mass is 618 g/mol. The average molecular weight is 618 g/mol. The zero-order chi connectivity index (χ0) is 31.2. The smallest absolute Gasteiger partial charge is 0.850 e. The predicted molar refractivity (Wildman–Crippen MR) is 149 cm³/mol. The Hall–Kier alpha value is -1.11. The number of aliphatic hydroxyl groups excluding tert-OH is 1. The summed E-state index contributed by atoms with van der Waals surface area (Å²) in [6.45, 7) is 12.3. The maximum atomic E-state index is 11.4. The van der Waals surface area contributed by atoms with E-state index >= 15 is 0 Å². The Balaban J connectivity index is 0.000000410. The largest absolute Gasteiger partial charge is 1.00 e. The molecule has 4 heterocycles. The van der Waals surface area contributed by atoms with Gasteiger partial charge in [0.25, 0.3) is 0 Å². The first-order valence-corrected chi connectivity index (χ1v) is 13.6. The second-order valence-corrected chi connectivity index (χ2v) is 11.3. The van der Waals surface area contributed by atoms with Crippen molar-refractivity contribution in [2.45, 2.75) is 97.4 Å². The van der Waals surface area contributed by atoms with Gasteiger partial charge >= 0.3 is 77.4 Å². The van der Waals surface area contributed by atoms with Crippen molar-refractivity contribution in [2.75, 3.05) is 13.1 Å². The van der Waals surface area contributed by atoms with E-state index in [1.165, 1.54) is 16.4 Å². The molecule has 0 amide bonds. The molecule has 2 aliphatic rings. The number of ether oxygens (including phenoxy) is 1. The second kappa shape index (κ2) is 16.8. The molecule has 4 atom stereocenters. The molecule has 2 aromatic rings. The van der Waals surface area contributed by atoms with E-state index in [1.54, 1.807) is 33.7 Å². The Morgan fingerprint density at radius 1 is 1.10 bits per heavy atom. The van der Waals surface area contributed by atoms with E-state index < -0.39 is 49.8 Å². The summed E-state index contributed by atoms with van der Waals surface area (Å²) in [4.78, 5) is 29.4. The Labute approximate surface area is 289 Å². The SMILES string of the molecule is CB(O)N1C[C@H](O)C[C@H]1C(=O)O.CC(C)(C)[O-].CCc1cc(O[C@@H]2C[C@@H](C(=O)O)N(B(C)O)C2)c2onc(C)c2n1.[K+]. The van der Waals surface area contributed by atoms with E-state index in [0.717, 1.165) is 12.1 Å². The normalized spacial score (nSPS) is 22.4. The molecule has 42 heavy (non-hydrogen) atoms. The van der Waals surface area contributed by atoms with Gasteiger partial charge in [-0.25, -0.2) is 4.98 Å². The van der Waals surface area contributed by atoms with E-state index in [1.807, 2.05) is 13.8 Å². The molecular weight excluding hydrogens is 577 g/mol. The van der Waals surface area contributed by atoms with Crippen molar-refractivity contribution >= 4 is 37.1 Å². The van der Waals surface area contributed by atoms with E-state index in [9.17, 15) is 24.8 Å². The van der Waals surface area contributed by atoms with Crippen LogP contribution in [0.1, 0.15) is 51.9 Å². The number of aromatic nitrogens is 2. The molecule has 228 valence electrons. The molecule has 2 aliphatic heterocycles. The van der Waals surface area contributed by atoms with Gasteiger partial charge in [-0.15, -0.1) is 5.60 Å². The molecule has 2 saturated heterocycles. The van der Waals surface area contributed by atoms with Crippen LogP contribution in [0.15, 0.2) is 10.6 Å². The molecule has 17 heteroatoms. The van der Waals surface area contributed by atoms with Crippen molar-refractivity contribution in [3.05, 3.63) is 17.5 Å². The molecule has 0 spiro atoms. The standard InChI is InChI=1S/C15H20BN3O5.C6H12BNO4.C4H9O.K/c1-4-9-5-12(14-13(17-9)8(2)18-24-14)23-10-6-11(15(20)21)19(7-10)16(3)22;1-7(12)8-3-4(9)2-5(8)6(10)11;1-4(2,3)5;/h5,10-11,22H,4,6-7H2,1-3H3,(H,20,21);4-5,9,12H,2-3H2,1H3,(H,10,11);1-3H3;/q;;-1;+1/t10-,11+;4-,5+;;/m11../s1. The Morgan fingerprint density at radius 3 is 2.02 bits per heavy atom. The minimum absolute atomic E-state index is 0. The molecule has 0 radical (unpaired) electrons. The first-order valence-electron chi connectivity index (χ1n) is 13.6. The Morgan fingerprint density at radius 2 is 1.60 bits per heavy atom. The minimum atomic E-state index is -0.993. The molecule has 0 unspecified atom stereocenters. The third-order valence-corrected chi connectivity index (χ3v) is 6.41. The number of aryl methyl sites for hydroxylation is 2. The van der Waals surface area contributed by atoms with E-state index in [4.69, 9.17) is 24.5 Å². The summed E-state index contributed by atoms with van der Waals surface area (Å²) >= 11 is 0. The summed E-state index contributed by atoms with van der Waals surface area (Å²) in [5.74, 6) is -1.45. The molecule has 0 aliphatic carbocycles. The van der Waals surface area contributed by atoms with Gasteiger partial charge in [-0.05, 0) is 33.4 Å². The van der Waals surface area contributed by atoms with Gasteiger partial charge in [-0.3, -0.25) is 9.59 Å². The van der Waals surface area contributed by atoms with E-state index in [2.05, 4.69) is 10.1 Å². The fraction of sp³-hybridized carbons (Fsp3) is 0.680. The van der Waals surface area contributed by atoms with Gasteiger partial charge in [0.1, 0.15) is 29.4 Å². The van der Waals surface area contributed by atoms with Crippen LogP contribution >= 0.6 is 0 Å². The molecule has 14 nitrogen and oxygen atoms in total. The van der Waals surface area contributed by atoms with Crippen LogP contribution in [-0.2, 0) is 16.0 Å². The number of aliphatic hydroxyl groups is 1. The fourth-order valence-corrected chi connectivity index (χ4v) is 4.56. The first kappa shape index (κ1) is 38.9. The summed E-state index contributed by atoms with van der Waals surface area (Å²) in [7, 11) is -1.67. The molecule has 0 bridgehead atoms. The molecular formula is C25H41B2KN4O10. The van der Waals surface area contributed by atoms with E-state index in [0.29, 0.717) is 35.5 Å². The number of aliphatic carboxylic acids is 2. The third kappa shape index (κ3) is 11.4. The van der Waals surface area contributed by atoms with Gasteiger partial charge in [-0.2, -0.15) is 0 Å².